The van der Waals surface area contributed by atoms with Gasteiger partial charge in [-0.25, -0.2) is 0 Å². The van der Waals surface area contributed by atoms with E-state index in [1.165, 1.54) is 22.6 Å². The highest BCUT2D eigenvalue weighted by molar-refractivity contribution is 8.19. The lowest BCUT2D eigenvalue weighted by Gasteiger charge is -2.11. The molecule has 0 aromatic heterocycles. The Kier molecular flexibility index (Phi) is 6.45. The van der Waals surface area contributed by atoms with Crippen LogP contribution in [0, 0.1) is 0 Å². The number of benzene rings is 2. The molecule has 0 atom stereocenters. The fraction of sp³-hybridized carbons (Fsp3) is 0.350. The van der Waals surface area contributed by atoms with E-state index in [0.29, 0.717) is 11.1 Å². The third-order valence-electron chi connectivity index (χ3n) is 4.04. The Morgan fingerprint density at radius 2 is 1.60 bits per heavy atom. The zero-order chi connectivity index (χ0) is 17.6. The number of hydrogen-bond donors (Lipinski definition) is 1. The number of carbonyl (C=O) groups excluding carboxylic acids is 1. The number of nitrogens with zero attached hydrogens (tertiary/aromatic N) is 1. The molecule has 3 nitrogen and oxygen atoms in total. The van der Waals surface area contributed by atoms with Gasteiger partial charge in [0.2, 0.25) is 0 Å². The maximum Gasteiger partial charge on any atom is 0.251 e. The summed E-state index contributed by atoms with van der Waals surface area (Å²) in [5.41, 5.74) is 4.42. The van der Waals surface area contributed by atoms with Crippen molar-refractivity contribution in [2.45, 2.75) is 17.7 Å². The average molecular weight is 373 g/mol. The lowest BCUT2D eigenvalue weighted by atomic mass is 10.1. The molecule has 3 rings (SSSR count). The van der Waals surface area contributed by atoms with Crippen LogP contribution in [0.3, 0.4) is 0 Å². The first-order valence-corrected chi connectivity index (χ1v) is 10.6. The number of carbonyl (C=O) groups is 1. The van der Waals surface area contributed by atoms with E-state index in [1.807, 2.05) is 35.7 Å². The minimum atomic E-state index is -0.0179. The molecule has 1 aliphatic rings. The van der Waals surface area contributed by atoms with E-state index >= 15 is 0 Å². The molecule has 2 aromatic carbocycles. The van der Waals surface area contributed by atoms with Gasteiger partial charge in [0.15, 0.2) is 0 Å². The van der Waals surface area contributed by atoms with E-state index in [2.05, 4.69) is 60.7 Å². The molecule has 1 heterocycles. The predicted octanol–water partition coefficient (Wildman–Crippen LogP) is 4.16. The van der Waals surface area contributed by atoms with Gasteiger partial charge >= 0.3 is 0 Å². The van der Waals surface area contributed by atoms with E-state index in [9.17, 15) is 4.79 Å². The molecule has 1 amide bonds. The standard InChI is InChI=1S/C20H24N2OS2/c1-22(2)14-16-5-3-15(4-6-16)13-21-19(23)17-7-9-18(10-8-17)20-24-11-12-25-20/h3-10,20H,11-14H2,1-2H3,(H,21,23). The Hall–Kier alpha value is -1.43. The molecule has 2 aromatic rings. The van der Waals surface area contributed by atoms with Crippen LogP contribution in [0.25, 0.3) is 0 Å². The lowest BCUT2D eigenvalue weighted by molar-refractivity contribution is 0.0951. The summed E-state index contributed by atoms with van der Waals surface area (Å²) in [5.74, 6) is 2.41. The van der Waals surface area contributed by atoms with Crippen LogP contribution in [0.2, 0.25) is 0 Å². The molecule has 1 fully saturated rings. The smallest absolute Gasteiger partial charge is 0.251 e. The zero-order valence-electron chi connectivity index (χ0n) is 14.7. The van der Waals surface area contributed by atoms with Crippen LogP contribution in [-0.4, -0.2) is 36.4 Å². The van der Waals surface area contributed by atoms with Crippen molar-refractivity contribution < 1.29 is 4.79 Å². The fourth-order valence-electron chi connectivity index (χ4n) is 2.75. The summed E-state index contributed by atoms with van der Waals surface area (Å²) < 4.78 is 0.526. The summed E-state index contributed by atoms with van der Waals surface area (Å²) in [6, 6.07) is 16.4. The van der Waals surface area contributed by atoms with Crippen LogP contribution in [0.4, 0.5) is 0 Å². The van der Waals surface area contributed by atoms with Gasteiger partial charge in [0.25, 0.3) is 5.91 Å². The number of thioether (sulfide) groups is 2. The fourth-order valence-corrected chi connectivity index (χ4v) is 5.61. The van der Waals surface area contributed by atoms with E-state index in [1.54, 1.807) is 0 Å². The van der Waals surface area contributed by atoms with Crippen molar-refractivity contribution in [3.8, 4) is 0 Å². The SMILES string of the molecule is CN(C)Cc1ccc(CNC(=O)c2ccc(C3SCCS3)cc2)cc1. The highest BCUT2D eigenvalue weighted by Gasteiger charge is 2.18. The molecular formula is C20H24N2OS2. The molecule has 1 aliphatic heterocycles. The molecule has 0 saturated carbocycles. The van der Waals surface area contributed by atoms with Crippen LogP contribution in [-0.2, 0) is 13.1 Å². The van der Waals surface area contributed by atoms with Crippen molar-refractivity contribution in [2.24, 2.45) is 0 Å². The van der Waals surface area contributed by atoms with Crippen molar-refractivity contribution in [2.75, 3.05) is 25.6 Å². The molecule has 1 N–H and O–H groups in total. The Labute approximate surface area is 158 Å². The monoisotopic (exact) mass is 372 g/mol. The second-order valence-electron chi connectivity index (χ2n) is 6.43. The molecule has 0 aliphatic carbocycles. The molecule has 0 radical (unpaired) electrons. The molecule has 25 heavy (non-hydrogen) atoms. The number of rotatable bonds is 6. The van der Waals surface area contributed by atoms with Crippen molar-refractivity contribution >= 4 is 29.4 Å². The molecule has 1 saturated heterocycles. The lowest BCUT2D eigenvalue weighted by Crippen LogP contribution is -2.22. The van der Waals surface area contributed by atoms with Crippen LogP contribution < -0.4 is 5.32 Å². The minimum absolute atomic E-state index is 0.0179. The van der Waals surface area contributed by atoms with Crippen molar-refractivity contribution in [1.29, 1.82) is 0 Å². The van der Waals surface area contributed by atoms with Crippen LogP contribution in [0.5, 0.6) is 0 Å². The third kappa shape index (κ3) is 5.27. The van der Waals surface area contributed by atoms with Crippen LogP contribution in [0.1, 0.15) is 31.6 Å². The number of hydrogen-bond acceptors (Lipinski definition) is 4. The molecule has 5 heteroatoms. The normalized spacial score (nSPS) is 14.8. The highest BCUT2D eigenvalue weighted by Crippen LogP contribution is 2.45. The van der Waals surface area contributed by atoms with Gasteiger partial charge in [0.05, 0.1) is 4.58 Å². The second-order valence-corrected chi connectivity index (χ2v) is 9.16. The number of nitrogens with one attached hydrogen (secondary N) is 1. The van der Waals surface area contributed by atoms with Crippen molar-refractivity contribution in [1.82, 2.24) is 10.2 Å². The molecule has 0 bridgehead atoms. The van der Waals surface area contributed by atoms with Crippen molar-refractivity contribution in [3.05, 3.63) is 70.8 Å². The quantitative estimate of drug-likeness (QED) is 0.825. The van der Waals surface area contributed by atoms with Crippen LogP contribution in [0.15, 0.2) is 48.5 Å². The topological polar surface area (TPSA) is 32.3 Å². The molecular weight excluding hydrogens is 348 g/mol. The van der Waals surface area contributed by atoms with Gasteiger partial charge in [-0.1, -0.05) is 36.4 Å². The van der Waals surface area contributed by atoms with Gasteiger partial charge in [0, 0.05) is 30.2 Å². The van der Waals surface area contributed by atoms with Crippen LogP contribution >= 0.6 is 23.5 Å². The minimum Gasteiger partial charge on any atom is -0.348 e. The summed E-state index contributed by atoms with van der Waals surface area (Å²) >= 11 is 3.96. The second kappa shape index (κ2) is 8.79. The first kappa shape index (κ1) is 18.4. The van der Waals surface area contributed by atoms with Gasteiger partial charge in [-0.2, -0.15) is 0 Å². The Bertz CT molecular complexity index is 693. The highest BCUT2D eigenvalue weighted by atomic mass is 32.2. The molecule has 0 unspecified atom stereocenters. The summed E-state index contributed by atoms with van der Waals surface area (Å²) in [6.07, 6.45) is 0. The maximum atomic E-state index is 12.3. The molecule has 0 spiro atoms. The van der Waals surface area contributed by atoms with E-state index < -0.39 is 0 Å². The summed E-state index contributed by atoms with van der Waals surface area (Å²) in [7, 11) is 4.12. The summed E-state index contributed by atoms with van der Waals surface area (Å²) in [4.78, 5) is 14.5. The first-order chi connectivity index (χ1) is 12.1. The maximum absolute atomic E-state index is 12.3. The predicted molar refractivity (Wildman–Crippen MR) is 109 cm³/mol. The largest absolute Gasteiger partial charge is 0.348 e. The Morgan fingerprint density at radius 3 is 2.20 bits per heavy atom. The van der Waals surface area contributed by atoms with Crippen molar-refractivity contribution in [3.63, 3.8) is 0 Å². The number of amides is 1. The van der Waals surface area contributed by atoms with E-state index in [-0.39, 0.29) is 5.91 Å². The van der Waals surface area contributed by atoms with Gasteiger partial charge in [-0.05, 0) is 42.9 Å². The van der Waals surface area contributed by atoms with Gasteiger partial charge in [0.1, 0.15) is 0 Å². The van der Waals surface area contributed by atoms with Gasteiger partial charge in [-0.15, -0.1) is 23.5 Å². The Morgan fingerprint density at radius 1 is 1.00 bits per heavy atom. The van der Waals surface area contributed by atoms with E-state index in [0.717, 1.165) is 17.7 Å². The third-order valence-corrected chi connectivity index (χ3v) is 7.15. The summed E-state index contributed by atoms with van der Waals surface area (Å²) in [5, 5.41) is 3.00. The summed E-state index contributed by atoms with van der Waals surface area (Å²) in [6.45, 7) is 1.48. The molecule has 132 valence electrons. The van der Waals surface area contributed by atoms with Gasteiger partial charge < -0.3 is 10.2 Å². The zero-order valence-corrected chi connectivity index (χ0v) is 16.3. The average Bonchev–Trinajstić information content (AvgIpc) is 3.15. The Balaban J connectivity index is 1.53. The van der Waals surface area contributed by atoms with E-state index in [4.69, 9.17) is 0 Å². The first-order valence-electron chi connectivity index (χ1n) is 8.46. The van der Waals surface area contributed by atoms with Gasteiger partial charge in [-0.3, -0.25) is 4.79 Å².